The molecule has 0 aliphatic heterocycles. The molecule has 0 heterocycles. The summed E-state index contributed by atoms with van der Waals surface area (Å²) in [6.45, 7) is 10.4. The van der Waals surface area contributed by atoms with Crippen molar-refractivity contribution in [2.75, 3.05) is 46.4 Å². The number of ether oxygens (including phenoxy) is 1. The third kappa shape index (κ3) is 9.96. The molecule has 0 unspecified atom stereocenters. The zero-order valence-electron chi connectivity index (χ0n) is 10.0. The van der Waals surface area contributed by atoms with E-state index in [-0.39, 0.29) is 0 Å². The second-order valence-electron chi connectivity index (χ2n) is 3.62. The van der Waals surface area contributed by atoms with Gasteiger partial charge in [0.1, 0.15) is 0 Å². The van der Waals surface area contributed by atoms with Crippen molar-refractivity contribution in [2.45, 2.75) is 26.7 Å². The van der Waals surface area contributed by atoms with Gasteiger partial charge in [-0.2, -0.15) is 0 Å². The van der Waals surface area contributed by atoms with Gasteiger partial charge in [0.05, 0.1) is 6.61 Å². The third-order valence-corrected chi connectivity index (χ3v) is 2.18. The van der Waals surface area contributed by atoms with Crippen LogP contribution < -0.4 is 5.32 Å². The molecule has 0 bridgehead atoms. The van der Waals surface area contributed by atoms with Gasteiger partial charge in [0.15, 0.2) is 0 Å². The highest BCUT2D eigenvalue weighted by molar-refractivity contribution is 4.53. The molecule has 3 nitrogen and oxygen atoms in total. The fourth-order valence-electron chi connectivity index (χ4n) is 1.13. The molecule has 0 fully saturated rings. The summed E-state index contributed by atoms with van der Waals surface area (Å²) >= 11 is 0. The van der Waals surface area contributed by atoms with Crippen LogP contribution in [-0.2, 0) is 4.74 Å². The SMILES string of the molecule is CCCCOCCN(C)CCNCC. The summed E-state index contributed by atoms with van der Waals surface area (Å²) in [4.78, 5) is 2.30. The van der Waals surface area contributed by atoms with Gasteiger partial charge in [0, 0.05) is 26.2 Å². The van der Waals surface area contributed by atoms with Crippen molar-refractivity contribution in [1.82, 2.24) is 10.2 Å². The monoisotopic (exact) mass is 202 g/mol. The molecule has 0 aromatic carbocycles. The fraction of sp³-hybridized carbons (Fsp3) is 1.00. The molecule has 0 aromatic heterocycles. The summed E-state index contributed by atoms with van der Waals surface area (Å²) < 4.78 is 5.49. The number of likely N-dealkylation sites (N-methyl/N-ethyl adjacent to an activating group) is 2. The largest absolute Gasteiger partial charge is 0.380 e. The zero-order valence-corrected chi connectivity index (χ0v) is 10.0. The van der Waals surface area contributed by atoms with E-state index >= 15 is 0 Å². The predicted octanol–water partition coefficient (Wildman–Crippen LogP) is 1.34. The molecule has 86 valence electrons. The Hall–Kier alpha value is -0.120. The van der Waals surface area contributed by atoms with Gasteiger partial charge in [-0.1, -0.05) is 20.3 Å². The van der Waals surface area contributed by atoms with Gasteiger partial charge in [-0.25, -0.2) is 0 Å². The Morgan fingerprint density at radius 3 is 2.57 bits per heavy atom. The van der Waals surface area contributed by atoms with Crippen LogP contribution in [0.5, 0.6) is 0 Å². The van der Waals surface area contributed by atoms with Crippen LogP contribution in [0.2, 0.25) is 0 Å². The third-order valence-electron chi connectivity index (χ3n) is 2.18. The lowest BCUT2D eigenvalue weighted by Gasteiger charge is -2.16. The lowest BCUT2D eigenvalue weighted by atomic mass is 10.4. The predicted molar refractivity (Wildman–Crippen MR) is 61.8 cm³/mol. The quantitative estimate of drug-likeness (QED) is 0.541. The van der Waals surface area contributed by atoms with E-state index in [0.29, 0.717) is 0 Å². The summed E-state index contributed by atoms with van der Waals surface area (Å²) in [6, 6.07) is 0. The van der Waals surface area contributed by atoms with Gasteiger partial charge in [0.25, 0.3) is 0 Å². The molecule has 0 rings (SSSR count). The van der Waals surface area contributed by atoms with Gasteiger partial charge in [-0.05, 0) is 20.0 Å². The molecule has 0 spiro atoms. The van der Waals surface area contributed by atoms with Gasteiger partial charge >= 0.3 is 0 Å². The van der Waals surface area contributed by atoms with Crippen LogP contribution in [0, 0.1) is 0 Å². The van der Waals surface area contributed by atoms with Gasteiger partial charge in [-0.3, -0.25) is 0 Å². The standard InChI is InChI=1S/C11H26N2O/c1-4-6-10-14-11-9-13(3)8-7-12-5-2/h12H,4-11H2,1-3H3. The van der Waals surface area contributed by atoms with Crippen LogP contribution in [0.15, 0.2) is 0 Å². The second-order valence-corrected chi connectivity index (χ2v) is 3.62. The number of nitrogens with zero attached hydrogens (tertiary/aromatic N) is 1. The number of hydrogen-bond acceptors (Lipinski definition) is 3. The van der Waals surface area contributed by atoms with Crippen LogP contribution >= 0.6 is 0 Å². The summed E-state index contributed by atoms with van der Waals surface area (Å²) in [5.41, 5.74) is 0. The Morgan fingerprint density at radius 1 is 1.14 bits per heavy atom. The van der Waals surface area contributed by atoms with Crippen molar-refractivity contribution in [3.63, 3.8) is 0 Å². The summed E-state index contributed by atoms with van der Waals surface area (Å²) in [5, 5.41) is 3.31. The van der Waals surface area contributed by atoms with Crippen LogP contribution in [0.3, 0.4) is 0 Å². The number of nitrogens with one attached hydrogen (secondary N) is 1. The first-order chi connectivity index (χ1) is 6.81. The van der Waals surface area contributed by atoms with E-state index in [1.165, 1.54) is 12.8 Å². The van der Waals surface area contributed by atoms with Crippen LogP contribution in [0.4, 0.5) is 0 Å². The van der Waals surface area contributed by atoms with E-state index in [2.05, 4.69) is 31.1 Å². The molecule has 3 heteroatoms. The van der Waals surface area contributed by atoms with Crippen molar-refractivity contribution in [2.24, 2.45) is 0 Å². The molecule has 0 saturated carbocycles. The van der Waals surface area contributed by atoms with E-state index in [0.717, 1.165) is 39.4 Å². The van der Waals surface area contributed by atoms with Gasteiger partial charge < -0.3 is 15.0 Å². The molecule has 0 aromatic rings. The first-order valence-electron chi connectivity index (χ1n) is 5.78. The summed E-state index contributed by atoms with van der Waals surface area (Å²) in [6.07, 6.45) is 2.40. The number of hydrogen-bond donors (Lipinski definition) is 1. The molecule has 0 amide bonds. The van der Waals surface area contributed by atoms with Gasteiger partial charge in [0.2, 0.25) is 0 Å². The van der Waals surface area contributed by atoms with E-state index in [1.54, 1.807) is 0 Å². The van der Waals surface area contributed by atoms with Crippen LogP contribution in [0.1, 0.15) is 26.7 Å². The zero-order chi connectivity index (χ0) is 10.6. The molecule has 0 aliphatic rings. The topological polar surface area (TPSA) is 24.5 Å². The number of unbranched alkanes of at least 4 members (excludes halogenated alkanes) is 1. The Morgan fingerprint density at radius 2 is 1.93 bits per heavy atom. The summed E-state index contributed by atoms with van der Waals surface area (Å²) in [7, 11) is 2.14. The average molecular weight is 202 g/mol. The minimum absolute atomic E-state index is 0.864. The Balaban J connectivity index is 3.06. The highest BCUT2D eigenvalue weighted by atomic mass is 16.5. The first-order valence-corrected chi connectivity index (χ1v) is 5.78. The van der Waals surface area contributed by atoms with Crippen molar-refractivity contribution >= 4 is 0 Å². The van der Waals surface area contributed by atoms with Crippen LogP contribution in [-0.4, -0.2) is 51.3 Å². The maximum Gasteiger partial charge on any atom is 0.0593 e. The minimum Gasteiger partial charge on any atom is -0.380 e. The maximum absolute atomic E-state index is 5.49. The summed E-state index contributed by atoms with van der Waals surface area (Å²) in [5.74, 6) is 0. The highest BCUT2D eigenvalue weighted by Crippen LogP contribution is 1.88. The normalized spacial score (nSPS) is 11.1. The van der Waals surface area contributed by atoms with E-state index < -0.39 is 0 Å². The van der Waals surface area contributed by atoms with Gasteiger partial charge in [-0.15, -0.1) is 0 Å². The molecule has 14 heavy (non-hydrogen) atoms. The lowest BCUT2D eigenvalue weighted by molar-refractivity contribution is 0.109. The van der Waals surface area contributed by atoms with E-state index in [9.17, 15) is 0 Å². The van der Waals surface area contributed by atoms with Crippen molar-refractivity contribution < 1.29 is 4.74 Å². The molecule has 0 saturated heterocycles. The maximum atomic E-state index is 5.49. The highest BCUT2D eigenvalue weighted by Gasteiger charge is 1.96. The Kier molecular flexibility index (Phi) is 10.9. The Labute approximate surface area is 88.8 Å². The lowest BCUT2D eigenvalue weighted by Crippen LogP contribution is -2.31. The molecular formula is C11H26N2O. The molecule has 1 N–H and O–H groups in total. The molecule has 0 radical (unpaired) electrons. The average Bonchev–Trinajstić information content (AvgIpc) is 2.18. The molecular weight excluding hydrogens is 176 g/mol. The van der Waals surface area contributed by atoms with E-state index in [1.807, 2.05) is 0 Å². The van der Waals surface area contributed by atoms with Crippen molar-refractivity contribution in [1.29, 1.82) is 0 Å². The number of rotatable bonds is 10. The molecule has 0 aliphatic carbocycles. The fourth-order valence-corrected chi connectivity index (χ4v) is 1.13. The minimum atomic E-state index is 0.864. The molecule has 0 atom stereocenters. The smallest absolute Gasteiger partial charge is 0.0593 e. The first kappa shape index (κ1) is 13.9. The van der Waals surface area contributed by atoms with Crippen molar-refractivity contribution in [3.05, 3.63) is 0 Å². The Bertz CT molecular complexity index is 109. The second kappa shape index (κ2) is 11.0. The van der Waals surface area contributed by atoms with Crippen molar-refractivity contribution in [3.8, 4) is 0 Å². The van der Waals surface area contributed by atoms with E-state index in [4.69, 9.17) is 4.74 Å². The van der Waals surface area contributed by atoms with Crippen LogP contribution in [0.25, 0.3) is 0 Å².